The van der Waals surface area contributed by atoms with Crippen LogP contribution in [0.15, 0.2) is 106 Å². The molecule has 39 heavy (non-hydrogen) atoms. The number of fused-ring (bicyclic) bond motifs is 1. The molecule has 0 unspecified atom stereocenters. The topological polar surface area (TPSA) is 106 Å². The molecule has 2 N–H and O–H groups in total. The number of hydrogen-bond acceptors (Lipinski definition) is 5. The largest absolute Gasteiger partial charge is 0.475 e. The molecule has 0 aliphatic heterocycles. The number of carboxylic acids is 1. The lowest BCUT2D eigenvalue weighted by atomic mass is 10.0. The van der Waals surface area contributed by atoms with Gasteiger partial charge in [0.25, 0.3) is 0 Å². The lowest BCUT2D eigenvalue weighted by Gasteiger charge is -2.09. The molecule has 0 saturated heterocycles. The van der Waals surface area contributed by atoms with E-state index in [2.05, 4.69) is 4.72 Å². The molecule has 0 aliphatic rings. The number of benzene rings is 4. The number of sulfonamides is 1. The summed E-state index contributed by atoms with van der Waals surface area (Å²) >= 11 is 0. The van der Waals surface area contributed by atoms with Crippen molar-refractivity contribution in [2.45, 2.75) is 24.7 Å². The van der Waals surface area contributed by atoms with Crippen LogP contribution in [-0.2, 0) is 22.9 Å². The minimum atomic E-state index is -3.77. The Morgan fingerprint density at radius 3 is 2.13 bits per heavy atom. The number of ether oxygens (including phenoxy) is 1. The zero-order chi connectivity index (χ0) is 27.4. The van der Waals surface area contributed by atoms with Crippen LogP contribution < -0.4 is 9.46 Å². The van der Waals surface area contributed by atoms with Crippen LogP contribution in [0.2, 0.25) is 0 Å². The fraction of sp³-hybridized carbons (Fsp3) is 0.129. The van der Waals surface area contributed by atoms with Crippen molar-refractivity contribution < 1.29 is 27.5 Å². The van der Waals surface area contributed by atoms with Gasteiger partial charge in [-0.2, -0.15) is 0 Å². The Morgan fingerprint density at radius 1 is 0.846 bits per heavy atom. The van der Waals surface area contributed by atoms with Crippen LogP contribution in [0.3, 0.4) is 0 Å². The van der Waals surface area contributed by atoms with Crippen molar-refractivity contribution in [3.05, 3.63) is 125 Å². The van der Waals surface area contributed by atoms with Crippen LogP contribution in [0, 0.1) is 6.92 Å². The molecule has 1 aromatic heterocycles. The Balaban J connectivity index is 1.16. The monoisotopic (exact) mass is 541 g/mol. The predicted octanol–water partition coefficient (Wildman–Crippen LogP) is 6.34. The summed E-state index contributed by atoms with van der Waals surface area (Å²) in [6.07, 6.45) is 1.30. The molecular formula is C31H27NO6S. The lowest BCUT2D eigenvalue weighted by Crippen LogP contribution is -2.26. The molecular weight excluding hydrogens is 514 g/mol. The number of para-hydroxylation sites is 1. The molecule has 0 aliphatic carbocycles. The van der Waals surface area contributed by atoms with Crippen LogP contribution in [0.25, 0.3) is 11.0 Å². The molecule has 0 saturated carbocycles. The molecule has 0 radical (unpaired) electrons. The van der Waals surface area contributed by atoms with Gasteiger partial charge in [-0.15, -0.1) is 0 Å². The molecule has 4 aromatic carbocycles. The SMILES string of the molecule is Cc1c(C(=O)O)oc2ccc(S(=O)(=O)NCCc3ccc(Cc4ccc(Oc5ccccc5)cc4)cc3)cc12. The first-order valence-corrected chi connectivity index (χ1v) is 13.9. The summed E-state index contributed by atoms with van der Waals surface area (Å²) in [6, 6.07) is 30.1. The van der Waals surface area contributed by atoms with E-state index in [0.717, 1.165) is 34.6 Å². The lowest BCUT2D eigenvalue weighted by molar-refractivity contribution is 0.0664. The molecule has 0 bridgehead atoms. The van der Waals surface area contributed by atoms with Gasteiger partial charge in [-0.1, -0.05) is 54.6 Å². The summed E-state index contributed by atoms with van der Waals surface area (Å²) in [4.78, 5) is 11.4. The minimum Gasteiger partial charge on any atom is -0.475 e. The number of hydrogen-bond donors (Lipinski definition) is 2. The molecule has 7 nitrogen and oxygen atoms in total. The maximum absolute atomic E-state index is 12.8. The maximum atomic E-state index is 12.8. The average molecular weight is 542 g/mol. The van der Waals surface area contributed by atoms with Gasteiger partial charge in [-0.05, 0) is 78.9 Å². The van der Waals surface area contributed by atoms with Crippen molar-refractivity contribution in [3.63, 3.8) is 0 Å². The van der Waals surface area contributed by atoms with Crippen molar-refractivity contribution in [3.8, 4) is 11.5 Å². The van der Waals surface area contributed by atoms with Gasteiger partial charge < -0.3 is 14.3 Å². The summed E-state index contributed by atoms with van der Waals surface area (Å²) < 4.78 is 39.5. The Kier molecular flexibility index (Phi) is 7.49. The first-order chi connectivity index (χ1) is 18.8. The van der Waals surface area contributed by atoms with Crippen molar-refractivity contribution in [2.24, 2.45) is 0 Å². The molecule has 5 aromatic rings. The Labute approximate surface area is 226 Å². The summed E-state index contributed by atoms with van der Waals surface area (Å²) in [7, 11) is -3.77. The van der Waals surface area contributed by atoms with Gasteiger partial charge in [0.2, 0.25) is 15.8 Å². The van der Waals surface area contributed by atoms with E-state index in [9.17, 15) is 18.3 Å². The predicted molar refractivity (Wildman–Crippen MR) is 149 cm³/mol. The summed E-state index contributed by atoms with van der Waals surface area (Å²) in [6.45, 7) is 1.82. The van der Waals surface area contributed by atoms with E-state index in [4.69, 9.17) is 9.15 Å². The van der Waals surface area contributed by atoms with Gasteiger partial charge in [0.1, 0.15) is 17.1 Å². The van der Waals surface area contributed by atoms with Crippen LogP contribution in [0.1, 0.15) is 32.8 Å². The van der Waals surface area contributed by atoms with E-state index < -0.39 is 16.0 Å². The number of carbonyl (C=O) groups is 1. The Hall–Kier alpha value is -4.40. The zero-order valence-electron chi connectivity index (χ0n) is 21.3. The van der Waals surface area contributed by atoms with Gasteiger partial charge in [-0.3, -0.25) is 0 Å². The summed E-state index contributed by atoms with van der Waals surface area (Å²) in [5, 5.41) is 9.70. The van der Waals surface area contributed by atoms with Crippen molar-refractivity contribution in [1.29, 1.82) is 0 Å². The van der Waals surface area contributed by atoms with Crippen molar-refractivity contribution in [1.82, 2.24) is 4.72 Å². The number of aryl methyl sites for hydroxylation is 1. The third-order valence-corrected chi connectivity index (χ3v) is 7.91. The van der Waals surface area contributed by atoms with Gasteiger partial charge in [-0.25, -0.2) is 17.9 Å². The first-order valence-electron chi connectivity index (χ1n) is 12.4. The van der Waals surface area contributed by atoms with Gasteiger partial charge in [0, 0.05) is 17.5 Å². The van der Waals surface area contributed by atoms with Crippen LogP contribution in [-0.4, -0.2) is 26.0 Å². The molecule has 5 rings (SSSR count). The highest BCUT2D eigenvalue weighted by Crippen LogP contribution is 2.28. The second kappa shape index (κ2) is 11.1. The molecule has 8 heteroatoms. The Bertz CT molecular complexity index is 1710. The van der Waals surface area contributed by atoms with E-state index in [1.165, 1.54) is 18.2 Å². The highest BCUT2D eigenvalue weighted by molar-refractivity contribution is 7.89. The summed E-state index contributed by atoms with van der Waals surface area (Å²) in [5.74, 6) is 0.202. The van der Waals surface area contributed by atoms with E-state index in [0.29, 0.717) is 23.0 Å². The smallest absolute Gasteiger partial charge is 0.372 e. The molecule has 1 heterocycles. The molecule has 198 valence electrons. The summed E-state index contributed by atoms with van der Waals surface area (Å²) in [5.41, 5.74) is 4.06. The van der Waals surface area contributed by atoms with E-state index in [1.807, 2.05) is 78.9 Å². The quantitative estimate of drug-likeness (QED) is 0.214. The Morgan fingerprint density at radius 2 is 1.46 bits per heavy atom. The van der Waals surface area contributed by atoms with Crippen LogP contribution in [0.4, 0.5) is 0 Å². The normalized spacial score (nSPS) is 11.5. The van der Waals surface area contributed by atoms with Gasteiger partial charge in [0.05, 0.1) is 4.90 Å². The molecule has 0 spiro atoms. The number of rotatable bonds is 10. The fourth-order valence-electron chi connectivity index (χ4n) is 4.34. The number of carboxylic acid groups (broad SMARTS) is 1. The van der Waals surface area contributed by atoms with E-state index in [1.54, 1.807) is 6.92 Å². The fourth-order valence-corrected chi connectivity index (χ4v) is 5.40. The van der Waals surface area contributed by atoms with Crippen molar-refractivity contribution >= 4 is 27.0 Å². The highest BCUT2D eigenvalue weighted by atomic mass is 32.2. The third kappa shape index (κ3) is 6.19. The molecule has 0 fully saturated rings. The first kappa shape index (κ1) is 26.2. The third-order valence-electron chi connectivity index (χ3n) is 6.45. The zero-order valence-corrected chi connectivity index (χ0v) is 22.1. The second-order valence-corrected chi connectivity index (χ2v) is 11.0. The molecule has 0 amide bonds. The number of aromatic carboxylic acids is 1. The number of nitrogens with one attached hydrogen (secondary N) is 1. The number of furan rings is 1. The van der Waals surface area contributed by atoms with E-state index in [-0.39, 0.29) is 17.2 Å². The molecule has 0 atom stereocenters. The maximum Gasteiger partial charge on any atom is 0.372 e. The standard InChI is InChI=1S/C31H27NO6S/c1-21-28-20-27(15-16-29(28)38-30(21)31(33)34)39(35,36)32-18-17-22-7-9-23(10-8-22)19-24-11-13-26(14-12-24)37-25-5-3-2-4-6-25/h2-16,20,32H,17-19H2,1H3,(H,33,34). The van der Waals surface area contributed by atoms with E-state index >= 15 is 0 Å². The van der Waals surface area contributed by atoms with Gasteiger partial charge in [0.15, 0.2) is 0 Å². The van der Waals surface area contributed by atoms with Crippen LogP contribution >= 0.6 is 0 Å². The minimum absolute atomic E-state index is 0.0615. The van der Waals surface area contributed by atoms with Crippen LogP contribution in [0.5, 0.6) is 11.5 Å². The highest BCUT2D eigenvalue weighted by Gasteiger charge is 2.20. The van der Waals surface area contributed by atoms with Crippen molar-refractivity contribution in [2.75, 3.05) is 6.54 Å². The van der Waals surface area contributed by atoms with Gasteiger partial charge >= 0.3 is 5.97 Å². The second-order valence-electron chi connectivity index (χ2n) is 9.22. The average Bonchev–Trinajstić information content (AvgIpc) is 3.27.